The van der Waals surface area contributed by atoms with Crippen LogP contribution in [0.2, 0.25) is 0 Å². The number of likely N-dealkylation sites (tertiary alicyclic amines) is 1. The summed E-state index contributed by atoms with van der Waals surface area (Å²) in [5, 5.41) is 0. The average Bonchev–Trinajstić information content (AvgIpc) is 3.22. The van der Waals surface area contributed by atoms with E-state index in [4.69, 9.17) is 5.73 Å². The van der Waals surface area contributed by atoms with Crippen LogP contribution < -0.4 is 5.73 Å². The van der Waals surface area contributed by atoms with Crippen LogP contribution in [0.15, 0.2) is 30.3 Å². The Morgan fingerprint density at radius 3 is 2.71 bits per heavy atom. The number of nitrogens with two attached hydrogens (primary N) is 1. The minimum Gasteiger partial charge on any atom is -0.342 e. The molecule has 0 unspecified atom stereocenters. The molecule has 4 nitrogen and oxygen atoms in total. The van der Waals surface area contributed by atoms with Gasteiger partial charge in [0.05, 0.1) is 5.92 Å². The summed E-state index contributed by atoms with van der Waals surface area (Å²) in [6.45, 7) is 7.03. The quantitative estimate of drug-likeness (QED) is 0.872. The average molecular weight is 329 g/mol. The highest BCUT2D eigenvalue weighted by molar-refractivity contribution is 5.79. The van der Waals surface area contributed by atoms with Crippen LogP contribution in [0.1, 0.15) is 38.2 Å². The van der Waals surface area contributed by atoms with Crippen LogP contribution in [0.25, 0.3) is 0 Å². The summed E-state index contributed by atoms with van der Waals surface area (Å²) in [6, 6.07) is 10.7. The van der Waals surface area contributed by atoms with E-state index in [2.05, 4.69) is 47.1 Å². The number of hydrogen-bond donors (Lipinski definition) is 1. The van der Waals surface area contributed by atoms with Gasteiger partial charge in [-0.05, 0) is 44.2 Å². The second-order valence-corrected chi connectivity index (χ2v) is 7.45. The maximum absolute atomic E-state index is 12.8. The lowest BCUT2D eigenvalue weighted by Crippen LogP contribution is -2.44. The molecule has 24 heavy (non-hydrogen) atoms. The predicted octanol–water partition coefficient (Wildman–Crippen LogP) is 2.48. The van der Waals surface area contributed by atoms with Gasteiger partial charge >= 0.3 is 0 Å². The third-order valence-electron chi connectivity index (χ3n) is 5.68. The molecule has 2 fully saturated rings. The first kappa shape index (κ1) is 17.4. The molecule has 0 spiro atoms. The van der Waals surface area contributed by atoms with Crippen LogP contribution in [0.4, 0.5) is 0 Å². The van der Waals surface area contributed by atoms with Crippen LogP contribution in [-0.2, 0) is 11.3 Å². The normalized spacial score (nSPS) is 27.5. The molecular formula is C20H31N3O. The third-order valence-corrected chi connectivity index (χ3v) is 5.68. The SMILES string of the molecule is CCN(C[C@@H]1CCN(Cc2ccccc2)C1)C(=O)[C@@H]1CCC[C@@H]1N. The Morgan fingerprint density at radius 1 is 1.25 bits per heavy atom. The maximum Gasteiger partial charge on any atom is 0.227 e. The number of hydrogen-bond acceptors (Lipinski definition) is 3. The van der Waals surface area contributed by atoms with Gasteiger partial charge in [0.15, 0.2) is 0 Å². The molecule has 0 radical (unpaired) electrons. The van der Waals surface area contributed by atoms with Crippen LogP contribution >= 0.6 is 0 Å². The van der Waals surface area contributed by atoms with Gasteiger partial charge in [-0.15, -0.1) is 0 Å². The van der Waals surface area contributed by atoms with Gasteiger partial charge in [-0.2, -0.15) is 0 Å². The standard InChI is InChI=1S/C20H31N3O/c1-2-23(20(24)18-9-6-10-19(18)21)15-17-11-12-22(14-17)13-16-7-4-3-5-8-16/h3-5,7-8,17-19H,2,6,9-15,21H2,1H3/t17-,18-,19+/m1/s1. The lowest BCUT2D eigenvalue weighted by Gasteiger charge is -2.28. The van der Waals surface area contributed by atoms with Crippen molar-refractivity contribution in [3.05, 3.63) is 35.9 Å². The van der Waals surface area contributed by atoms with Gasteiger partial charge in [-0.25, -0.2) is 0 Å². The van der Waals surface area contributed by atoms with E-state index >= 15 is 0 Å². The fraction of sp³-hybridized carbons (Fsp3) is 0.650. The van der Waals surface area contributed by atoms with E-state index in [1.807, 2.05) is 0 Å². The highest BCUT2D eigenvalue weighted by Gasteiger charge is 2.34. The smallest absolute Gasteiger partial charge is 0.227 e. The molecule has 3 atom stereocenters. The zero-order chi connectivity index (χ0) is 16.9. The fourth-order valence-electron chi connectivity index (χ4n) is 4.26. The summed E-state index contributed by atoms with van der Waals surface area (Å²) in [5.74, 6) is 0.950. The lowest BCUT2D eigenvalue weighted by molar-refractivity contribution is -0.136. The largest absolute Gasteiger partial charge is 0.342 e. The van der Waals surface area contributed by atoms with Crippen molar-refractivity contribution in [2.75, 3.05) is 26.2 Å². The first-order chi connectivity index (χ1) is 11.7. The molecule has 1 heterocycles. The first-order valence-electron chi connectivity index (χ1n) is 9.48. The zero-order valence-corrected chi connectivity index (χ0v) is 14.9. The molecule has 1 amide bonds. The molecule has 1 aromatic rings. The molecule has 1 aliphatic heterocycles. The van der Waals surface area contributed by atoms with E-state index in [-0.39, 0.29) is 12.0 Å². The van der Waals surface area contributed by atoms with Gasteiger partial charge in [0, 0.05) is 32.2 Å². The number of carbonyl (C=O) groups is 1. The summed E-state index contributed by atoms with van der Waals surface area (Å²) in [7, 11) is 0. The van der Waals surface area contributed by atoms with Gasteiger partial charge in [-0.3, -0.25) is 9.69 Å². The van der Waals surface area contributed by atoms with Crippen LogP contribution in [0.3, 0.4) is 0 Å². The molecule has 3 rings (SSSR count). The van der Waals surface area contributed by atoms with Crippen LogP contribution in [0.5, 0.6) is 0 Å². The summed E-state index contributed by atoms with van der Waals surface area (Å²) < 4.78 is 0. The topological polar surface area (TPSA) is 49.6 Å². The molecule has 0 aromatic heterocycles. The van der Waals surface area contributed by atoms with E-state index in [1.54, 1.807) is 0 Å². The highest BCUT2D eigenvalue weighted by Crippen LogP contribution is 2.27. The van der Waals surface area contributed by atoms with Crippen LogP contribution in [-0.4, -0.2) is 47.9 Å². The van der Waals surface area contributed by atoms with Gasteiger partial charge in [0.25, 0.3) is 0 Å². The van der Waals surface area contributed by atoms with Crippen molar-refractivity contribution in [3.8, 4) is 0 Å². The molecular weight excluding hydrogens is 298 g/mol. The fourth-order valence-corrected chi connectivity index (χ4v) is 4.26. The Balaban J connectivity index is 1.51. The molecule has 1 saturated carbocycles. The number of benzene rings is 1. The zero-order valence-electron chi connectivity index (χ0n) is 14.9. The molecule has 2 N–H and O–H groups in total. The van der Waals surface area contributed by atoms with E-state index in [0.29, 0.717) is 11.8 Å². The second-order valence-electron chi connectivity index (χ2n) is 7.45. The molecule has 0 bridgehead atoms. The van der Waals surface area contributed by atoms with E-state index in [9.17, 15) is 4.79 Å². The van der Waals surface area contributed by atoms with Gasteiger partial charge in [0.2, 0.25) is 5.91 Å². The Labute approximate surface area is 146 Å². The van der Waals surface area contributed by atoms with E-state index < -0.39 is 0 Å². The van der Waals surface area contributed by atoms with Gasteiger partial charge < -0.3 is 10.6 Å². The molecule has 2 aliphatic rings. The number of carbonyl (C=O) groups excluding carboxylic acids is 1. The Hall–Kier alpha value is -1.39. The summed E-state index contributed by atoms with van der Waals surface area (Å²) in [4.78, 5) is 17.4. The molecule has 1 aliphatic carbocycles. The summed E-state index contributed by atoms with van der Waals surface area (Å²) in [5.41, 5.74) is 7.51. The minimum absolute atomic E-state index is 0.0618. The van der Waals surface area contributed by atoms with Crippen molar-refractivity contribution in [1.82, 2.24) is 9.80 Å². The Morgan fingerprint density at radius 2 is 2.04 bits per heavy atom. The number of rotatable bonds is 6. The highest BCUT2D eigenvalue weighted by atomic mass is 16.2. The summed E-state index contributed by atoms with van der Waals surface area (Å²) >= 11 is 0. The second kappa shape index (κ2) is 8.13. The van der Waals surface area contributed by atoms with Crippen molar-refractivity contribution in [3.63, 3.8) is 0 Å². The van der Waals surface area contributed by atoms with Crippen molar-refractivity contribution >= 4 is 5.91 Å². The Bertz CT molecular complexity index is 533. The van der Waals surface area contributed by atoms with Crippen molar-refractivity contribution in [1.29, 1.82) is 0 Å². The number of nitrogens with zero attached hydrogens (tertiary/aromatic N) is 2. The minimum atomic E-state index is 0.0618. The summed E-state index contributed by atoms with van der Waals surface area (Å²) in [6.07, 6.45) is 4.26. The first-order valence-corrected chi connectivity index (χ1v) is 9.48. The van der Waals surface area contributed by atoms with E-state index in [0.717, 1.165) is 52.0 Å². The predicted molar refractivity (Wildman–Crippen MR) is 97.4 cm³/mol. The van der Waals surface area contributed by atoms with Crippen LogP contribution in [0, 0.1) is 11.8 Å². The van der Waals surface area contributed by atoms with Crippen molar-refractivity contribution in [2.24, 2.45) is 17.6 Å². The van der Waals surface area contributed by atoms with Gasteiger partial charge in [-0.1, -0.05) is 36.8 Å². The van der Waals surface area contributed by atoms with E-state index in [1.165, 1.54) is 12.0 Å². The maximum atomic E-state index is 12.8. The van der Waals surface area contributed by atoms with Crippen molar-refractivity contribution < 1.29 is 4.79 Å². The monoisotopic (exact) mass is 329 g/mol. The third kappa shape index (κ3) is 4.17. The van der Waals surface area contributed by atoms with Crippen molar-refractivity contribution in [2.45, 2.75) is 45.2 Å². The lowest BCUT2D eigenvalue weighted by atomic mass is 10.0. The molecule has 1 aromatic carbocycles. The van der Waals surface area contributed by atoms with Gasteiger partial charge in [0.1, 0.15) is 0 Å². The number of amides is 1. The molecule has 132 valence electrons. The molecule has 1 saturated heterocycles. The Kier molecular flexibility index (Phi) is 5.90. The molecule has 4 heteroatoms.